The van der Waals surface area contributed by atoms with E-state index in [1.54, 1.807) is 0 Å². The van der Waals surface area contributed by atoms with Gasteiger partial charge in [-0.3, -0.25) is 9.89 Å². The molecule has 0 spiro atoms. The van der Waals surface area contributed by atoms with Gasteiger partial charge in [0, 0.05) is 46.3 Å². The molecule has 1 heterocycles. The third kappa shape index (κ3) is 7.68. The lowest BCUT2D eigenvalue weighted by Crippen LogP contribution is -2.49. The number of rotatable bonds is 9. The SMILES string of the molecule is CCN1CCN(CCNC(=NC)NC(C)c2ccc(OCC(C)C)cc2)CC1. The summed E-state index contributed by atoms with van der Waals surface area (Å²) < 4.78 is 5.76. The van der Waals surface area contributed by atoms with Crippen LogP contribution in [-0.2, 0) is 0 Å². The highest BCUT2D eigenvalue weighted by molar-refractivity contribution is 5.80. The van der Waals surface area contributed by atoms with Gasteiger partial charge in [-0.2, -0.15) is 0 Å². The Balaban J connectivity index is 1.73. The number of likely N-dealkylation sites (N-methyl/N-ethyl adjacent to an activating group) is 1. The molecule has 1 aromatic rings. The van der Waals surface area contributed by atoms with E-state index in [-0.39, 0.29) is 6.04 Å². The summed E-state index contributed by atoms with van der Waals surface area (Å²) in [6.07, 6.45) is 0. The predicted molar refractivity (Wildman–Crippen MR) is 118 cm³/mol. The molecule has 0 saturated carbocycles. The number of hydrogen-bond acceptors (Lipinski definition) is 4. The molecular weight excluding hydrogens is 350 g/mol. The molecular formula is C22H39N5O. The van der Waals surface area contributed by atoms with Gasteiger partial charge in [-0.15, -0.1) is 0 Å². The normalized spacial score (nSPS) is 17.6. The average Bonchev–Trinajstić information content (AvgIpc) is 2.72. The van der Waals surface area contributed by atoms with Gasteiger partial charge in [-0.25, -0.2) is 0 Å². The molecule has 0 amide bonds. The van der Waals surface area contributed by atoms with Gasteiger partial charge >= 0.3 is 0 Å². The van der Waals surface area contributed by atoms with Gasteiger partial charge in [0.15, 0.2) is 5.96 Å². The van der Waals surface area contributed by atoms with Crippen LogP contribution >= 0.6 is 0 Å². The van der Waals surface area contributed by atoms with Crippen LogP contribution < -0.4 is 15.4 Å². The Morgan fingerprint density at radius 2 is 1.71 bits per heavy atom. The number of nitrogens with one attached hydrogen (secondary N) is 2. The Kier molecular flexibility index (Phi) is 9.58. The van der Waals surface area contributed by atoms with Crippen LogP contribution in [0.2, 0.25) is 0 Å². The molecule has 0 aromatic heterocycles. The molecule has 1 aromatic carbocycles. The third-order valence-corrected chi connectivity index (χ3v) is 5.17. The Labute approximate surface area is 171 Å². The largest absolute Gasteiger partial charge is 0.493 e. The molecule has 6 nitrogen and oxygen atoms in total. The van der Waals surface area contributed by atoms with Gasteiger partial charge in [0.05, 0.1) is 12.6 Å². The standard InChI is InChI=1S/C22H39N5O/c1-6-26-13-15-27(16-14-26)12-11-24-22(23-5)25-19(4)20-7-9-21(10-8-20)28-17-18(2)3/h7-10,18-19H,6,11-17H2,1-5H3,(H2,23,24,25). The fourth-order valence-electron chi connectivity index (χ4n) is 3.26. The van der Waals surface area contributed by atoms with Crippen molar-refractivity contribution in [2.45, 2.75) is 33.7 Å². The van der Waals surface area contributed by atoms with E-state index < -0.39 is 0 Å². The Morgan fingerprint density at radius 3 is 2.29 bits per heavy atom. The van der Waals surface area contributed by atoms with E-state index in [1.165, 1.54) is 18.7 Å². The summed E-state index contributed by atoms with van der Waals surface area (Å²) >= 11 is 0. The minimum atomic E-state index is 0.179. The highest BCUT2D eigenvalue weighted by atomic mass is 16.5. The summed E-state index contributed by atoms with van der Waals surface area (Å²) in [7, 11) is 1.82. The molecule has 1 aliphatic heterocycles. The van der Waals surface area contributed by atoms with Crippen molar-refractivity contribution in [1.82, 2.24) is 20.4 Å². The van der Waals surface area contributed by atoms with Gasteiger partial charge in [0.2, 0.25) is 0 Å². The van der Waals surface area contributed by atoms with Crippen molar-refractivity contribution in [3.8, 4) is 5.75 Å². The van der Waals surface area contributed by atoms with E-state index in [0.717, 1.165) is 51.0 Å². The number of guanidine groups is 1. The van der Waals surface area contributed by atoms with Crippen LogP contribution in [0.5, 0.6) is 5.75 Å². The molecule has 0 bridgehead atoms. The zero-order chi connectivity index (χ0) is 20.4. The molecule has 158 valence electrons. The first-order chi connectivity index (χ1) is 13.5. The van der Waals surface area contributed by atoms with Gasteiger partial charge < -0.3 is 20.3 Å². The number of aliphatic imine (C=N–C) groups is 1. The number of hydrogen-bond donors (Lipinski definition) is 2. The maximum absolute atomic E-state index is 5.76. The van der Waals surface area contributed by atoms with Crippen molar-refractivity contribution >= 4 is 5.96 Å². The van der Waals surface area contributed by atoms with Crippen molar-refractivity contribution in [1.29, 1.82) is 0 Å². The molecule has 1 saturated heterocycles. The minimum Gasteiger partial charge on any atom is -0.493 e. The number of piperazine rings is 1. The number of benzene rings is 1. The predicted octanol–water partition coefficient (Wildman–Crippen LogP) is 2.58. The second-order valence-corrected chi connectivity index (χ2v) is 7.91. The highest BCUT2D eigenvalue weighted by Crippen LogP contribution is 2.18. The van der Waals surface area contributed by atoms with Crippen LogP contribution in [0.4, 0.5) is 0 Å². The number of nitrogens with zero attached hydrogens (tertiary/aromatic N) is 3. The Bertz CT molecular complexity index is 579. The second-order valence-electron chi connectivity index (χ2n) is 7.91. The van der Waals surface area contributed by atoms with Crippen molar-refractivity contribution in [3.63, 3.8) is 0 Å². The maximum atomic E-state index is 5.76. The average molecular weight is 390 g/mol. The molecule has 1 unspecified atom stereocenters. The van der Waals surface area contributed by atoms with Crippen LogP contribution in [0.25, 0.3) is 0 Å². The molecule has 1 fully saturated rings. The monoisotopic (exact) mass is 389 g/mol. The van der Waals surface area contributed by atoms with E-state index in [9.17, 15) is 0 Å². The van der Waals surface area contributed by atoms with Gasteiger partial charge in [-0.05, 0) is 37.1 Å². The van der Waals surface area contributed by atoms with Crippen LogP contribution in [0.15, 0.2) is 29.3 Å². The lowest BCUT2D eigenvalue weighted by molar-refractivity contribution is 0.139. The summed E-state index contributed by atoms with van der Waals surface area (Å²) in [5, 5.41) is 6.92. The van der Waals surface area contributed by atoms with Gasteiger partial charge in [0.25, 0.3) is 0 Å². The van der Waals surface area contributed by atoms with Gasteiger partial charge in [-0.1, -0.05) is 32.9 Å². The summed E-state index contributed by atoms with van der Waals surface area (Å²) in [4.78, 5) is 9.40. The molecule has 1 atom stereocenters. The first kappa shape index (κ1) is 22.5. The molecule has 6 heteroatoms. The first-order valence-electron chi connectivity index (χ1n) is 10.7. The summed E-state index contributed by atoms with van der Waals surface area (Å²) in [6.45, 7) is 17.2. The minimum absolute atomic E-state index is 0.179. The third-order valence-electron chi connectivity index (χ3n) is 5.17. The van der Waals surface area contributed by atoms with Crippen molar-refractivity contribution in [3.05, 3.63) is 29.8 Å². The fourth-order valence-corrected chi connectivity index (χ4v) is 3.26. The van der Waals surface area contributed by atoms with Crippen LogP contribution in [0.1, 0.15) is 39.3 Å². The second kappa shape index (κ2) is 11.9. The Hall–Kier alpha value is -1.79. The highest BCUT2D eigenvalue weighted by Gasteiger charge is 2.15. The van der Waals surface area contributed by atoms with Crippen molar-refractivity contribution < 1.29 is 4.74 Å². The Morgan fingerprint density at radius 1 is 1.07 bits per heavy atom. The van der Waals surface area contributed by atoms with E-state index in [2.05, 4.69) is 65.3 Å². The maximum Gasteiger partial charge on any atom is 0.191 e. The number of ether oxygens (including phenoxy) is 1. The lowest BCUT2D eigenvalue weighted by Gasteiger charge is -2.34. The summed E-state index contributed by atoms with van der Waals surface area (Å²) in [5.41, 5.74) is 1.22. The molecule has 2 N–H and O–H groups in total. The summed E-state index contributed by atoms with van der Waals surface area (Å²) in [6, 6.07) is 8.50. The van der Waals surface area contributed by atoms with Crippen molar-refractivity contribution in [2.24, 2.45) is 10.9 Å². The summed E-state index contributed by atoms with van der Waals surface area (Å²) in [5.74, 6) is 2.31. The van der Waals surface area contributed by atoms with Gasteiger partial charge in [0.1, 0.15) is 5.75 Å². The van der Waals surface area contributed by atoms with E-state index in [0.29, 0.717) is 5.92 Å². The topological polar surface area (TPSA) is 52.1 Å². The molecule has 0 radical (unpaired) electrons. The first-order valence-corrected chi connectivity index (χ1v) is 10.7. The zero-order valence-corrected chi connectivity index (χ0v) is 18.4. The zero-order valence-electron chi connectivity index (χ0n) is 18.4. The van der Waals surface area contributed by atoms with Crippen LogP contribution in [-0.4, -0.2) is 75.2 Å². The van der Waals surface area contributed by atoms with Crippen molar-refractivity contribution in [2.75, 3.05) is 59.5 Å². The smallest absolute Gasteiger partial charge is 0.191 e. The fraction of sp³-hybridized carbons (Fsp3) is 0.682. The van der Waals surface area contributed by atoms with E-state index >= 15 is 0 Å². The molecule has 2 rings (SSSR count). The quantitative estimate of drug-likeness (QED) is 0.502. The van der Waals surface area contributed by atoms with Crippen LogP contribution in [0.3, 0.4) is 0 Å². The van der Waals surface area contributed by atoms with Crippen LogP contribution in [0, 0.1) is 5.92 Å². The molecule has 28 heavy (non-hydrogen) atoms. The van der Waals surface area contributed by atoms with E-state index in [1.807, 2.05) is 19.2 Å². The van der Waals surface area contributed by atoms with E-state index in [4.69, 9.17) is 4.74 Å². The molecule has 1 aliphatic rings. The molecule has 0 aliphatic carbocycles. The lowest BCUT2D eigenvalue weighted by atomic mass is 10.1.